The summed E-state index contributed by atoms with van der Waals surface area (Å²) in [5.74, 6) is 0.912. The van der Waals surface area contributed by atoms with E-state index in [0.29, 0.717) is 13.2 Å². The second-order valence-corrected chi connectivity index (χ2v) is 4.87. The van der Waals surface area contributed by atoms with Crippen LogP contribution in [0, 0.1) is 0 Å². The van der Waals surface area contributed by atoms with Crippen molar-refractivity contribution in [3.63, 3.8) is 0 Å². The van der Waals surface area contributed by atoms with Crippen molar-refractivity contribution in [3.8, 4) is 5.75 Å². The van der Waals surface area contributed by atoms with Crippen LogP contribution in [0.1, 0.15) is 11.6 Å². The lowest BCUT2D eigenvalue weighted by atomic mass is 10.1. The monoisotopic (exact) mass is 296 g/mol. The molecule has 5 nitrogen and oxygen atoms in total. The quantitative estimate of drug-likeness (QED) is 0.671. The van der Waals surface area contributed by atoms with E-state index < -0.39 is 0 Å². The Morgan fingerprint density at radius 2 is 1.67 bits per heavy atom. The minimum atomic E-state index is 0.204. The smallest absolute Gasteiger partial charge is 0.123 e. The van der Waals surface area contributed by atoms with Gasteiger partial charge in [-0.2, -0.15) is 0 Å². The number of nitrogens with one attached hydrogen (secondary N) is 1. The number of benzene rings is 1. The van der Waals surface area contributed by atoms with Crippen LogP contribution in [0.4, 0.5) is 0 Å². The second-order valence-electron chi connectivity index (χ2n) is 4.87. The number of methoxy groups -OCH3 is 3. The van der Waals surface area contributed by atoms with E-state index in [-0.39, 0.29) is 6.04 Å². The standard InChI is InChI=1S/C16H28N2O3/c1-17-15(14-7-5-6-8-16(14)21-4)13-18(9-11-19-2)10-12-20-3/h5-8,15,17H,9-13H2,1-4H3. The molecule has 0 spiro atoms. The fourth-order valence-corrected chi connectivity index (χ4v) is 2.29. The molecule has 1 unspecified atom stereocenters. The molecule has 1 atom stereocenters. The average molecular weight is 296 g/mol. The number of ether oxygens (including phenoxy) is 3. The summed E-state index contributed by atoms with van der Waals surface area (Å²) in [6.45, 7) is 4.07. The maximum atomic E-state index is 5.46. The van der Waals surface area contributed by atoms with Gasteiger partial charge in [0.2, 0.25) is 0 Å². The van der Waals surface area contributed by atoms with Gasteiger partial charge < -0.3 is 19.5 Å². The van der Waals surface area contributed by atoms with Gasteiger partial charge in [-0.1, -0.05) is 18.2 Å². The van der Waals surface area contributed by atoms with E-state index >= 15 is 0 Å². The number of hydrogen-bond acceptors (Lipinski definition) is 5. The molecule has 1 rings (SSSR count). The molecular weight excluding hydrogens is 268 g/mol. The molecule has 1 aromatic carbocycles. The summed E-state index contributed by atoms with van der Waals surface area (Å²) in [7, 11) is 7.13. The predicted molar refractivity (Wildman–Crippen MR) is 85.0 cm³/mol. The Bertz CT molecular complexity index is 380. The van der Waals surface area contributed by atoms with Crippen molar-refractivity contribution in [2.24, 2.45) is 0 Å². The van der Waals surface area contributed by atoms with E-state index in [0.717, 1.165) is 25.4 Å². The molecule has 0 aliphatic carbocycles. The summed E-state index contributed by atoms with van der Waals surface area (Å²) in [5, 5.41) is 3.37. The Hall–Kier alpha value is -1.14. The first kappa shape index (κ1) is 17.9. The fraction of sp³-hybridized carbons (Fsp3) is 0.625. The van der Waals surface area contributed by atoms with E-state index in [1.807, 2.05) is 25.2 Å². The SMILES string of the molecule is CNC(CN(CCOC)CCOC)c1ccccc1OC. The zero-order valence-electron chi connectivity index (χ0n) is 13.6. The molecule has 0 saturated carbocycles. The van der Waals surface area contributed by atoms with Gasteiger partial charge in [-0.15, -0.1) is 0 Å². The first-order valence-electron chi connectivity index (χ1n) is 7.27. The zero-order chi connectivity index (χ0) is 15.5. The molecule has 0 radical (unpaired) electrons. The van der Waals surface area contributed by atoms with Crippen molar-refractivity contribution in [2.45, 2.75) is 6.04 Å². The Kier molecular flexibility index (Phi) is 9.01. The number of para-hydroxylation sites is 1. The lowest BCUT2D eigenvalue weighted by Gasteiger charge is -2.28. The number of nitrogens with zero attached hydrogens (tertiary/aromatic N) is 1. The average Bonchev–Trinajstić information content (AvgIpc) is 2.54. The highest BCUT2D eigenvalue weighted by molar-refractivity contribution is 5.36. The van der Waals surface area contributed by atoms with Gasteiger partial charge in [-0.25, -0.2) is 0 Å². The van der Waals surface area contributed by atoms with E-state index in [1.54, 1.807) is 21.3 Å². The first-order valence-corrected chi connectivity index (χ1v) is 7.27. The van der Waals surface area contributed by atoms with Crippen molar-refractivity contribution >= 4 is 0 Å². The Morgan fingerprint density at radius 1 is 1.05 bits per heavy atom. The molecule has 0 saturated heterocycles. The highest BCUT2D eigenvalue weighted by atomic mass is 16.5. The minimum Gasteiger partial charge on any atom is -0.496 e. The molecular formula is C16H28N2O3. The molecule has 21 heavy (non-hydrogen) atoms. The third-order valence-electron chi connectivity index (χ3n) is 3.53. The van der Waals surface area contributed by atoms with Crippen LogP contribution in [0.3, 0.4) is 0 Å². The van der Waals surface area contributed by atoms with E-state index in [1.165, 1.54) is 5.56 Å². The van der Waals surface area contributed by atoms with Crippen molar-refractivity contribution < 1.29 is 14.2 Å². The van der Waals surface area contributed by atoms with Gasteiger partial charge in [0.15, 0.2) is 0 Å². The Labute approximate surface area is 128 Å². The van der Waals surface area contributed by atoms with Gasteiger partial charge >= 0.3 is 0 Å². The molecule has 0 aliphatic rings. The molecule has 0 aliphatic heterocycles. The molecule has 0 amide bonds. The van der Waals surface area contributed by atoms with E-state index in [4.69, 9.17) is 14.2 Å². The highest BCUT2D eigenvalue weighted by Crippen LogP contribution is 2.25. The van der Waals surface area contributed by atoms with Gasteiger partial charge in [0, 0.05) is 45.5 Å². The molecule has 0 fully saturated rings. The molecule has 0 aromatic heterocycles. The summed E-state index contributed by atoms with van der Waals surface area (Å²) < 4.78 is 15.8. The maximum Gasteiger partial charge on any atom is 0.123 e. The van der Waals surface area contributed by atoms with Crippen LogP contribution < -0.4 is 10.1 Å². The van der Waals surface area contributed by atoms with Crippen molar-refractivity contribution in [1.82, 2.24) is 10.2 Å². The van der Waals surface area contributed by atoms with Gasteiger partial charge in [0.05, 0.1) is 20.3 Å². The van der Waals surface area contributed by atoms with Crippen LogP contribution in [-0.2, 0) is 9.47 Å². The topological polar surface area (TPSA) is 43.0 Å². The van der Waals surface area contributed by atoms with Crippen molar-refractivity contribution in [3.05, 3.63) is 29.8 Å². The van der Waals surface area contributed by atoms with Crippen LogP contribution >= 0.6 is 0 Å². The second kappa shape index (κ2) is 10.6. The molecule has 0 heterocycles. The van der Waals surface area contributed by atoms with Gasteiger partial charge in [0.1, 0.15) is 5.75 Å². The zero-order valence-corrected chi connectivity index (χ0v) is 13.6. The number of likely N-dealkylation sites (N-methyl/N-ethyl adjacent to an activating group) is 1. The summed E-state index contributed by atoms with van der Waals surface area (Å²) >= 11 is 0. The Balaban J connectivity index is 2.76. The summed E-state index contributed by atoms with van der Waals surface area (Å²) in [6, 6.07) is 8.33. The normalized spacial score (nSPS) is 12.6. The summed E-state index contributed by atoms with van der Waals surface area (Å²) in [6.07, 6.45) is 0. The van der Waals surface area contributed by atoms with Crippen molar-refractivity contribution in [1.29, 1.82) is 0 Å². The van der Waals surface area contributed by atoms with Gasteiger partial charge in [-0.3, -0.25) is 4.90 Å². The van der Waals surface area contributed by atoms with Crippen LogP contribution in [0.25, 0.3) is 0 Å². The predicted octanol–water partition coefficient (Wildman–Crippen LogP) is 1.55. The molecule has 120 valence electrons. The van der Waals surface area contributed by atoms with Crippen LogP contribution in [0.5, 0.6) is 5.75 Å². The van der Waals surface area contributed by atoms with Crippen molar-refractivity contribution in [2.75, 3.05) is 61.2 Å². The van der Waals surface area contributed by atoms with Crippen LogP contribution in [0.15, 0.2) is 24.3 Å². The summed E-state index contributed by atoms with van der Waals surface area (Å²) in [5.41, 5.74) is 1.17. The summed E-state index contributed by atoms with van der Waals surface area (Å²) in [4.78, 5) is 2.33. The van der Waals surface area contributed by atoms with Gasteiger partial charge in [0.25, 0.3) is 0 Å². The van der Waals surface area contributed by atoms with E-state index in [9.17, 15) is 0 Å². The maximum absolute atomic E-state index is 5.46. The third kappa shape index (κ3) is 6.01. The largest absolute Gasteiger partial charge is 0.496 e. The van der Waals surface area contributed by atoms with Crippen LogP contribution in [-0.4, -0.2) is 66.1 Å². The molecule has 0 bridgehead atoms. The Morgan fingerprint density at radius 3 is 2.19 bits per heavy atom. The van der Waals surface area contributed by atoms with Gasteiger partial charge in [-0.05, 0) is 13.1 Å². The lowest BCUT2D eigenvalue weighted by Crippen LogP contribution is -2.38. The number of hydrogen-bond donors (Lipinski definition) is 1. The lowest BCUT2D eigenvalue weighted by molar-refractivity contribution is 0.108. The number of rotatable bonds is 11. The minimum absolute atomic E-state index is 0.204. The van der Waals surface area contributed by atoms with E-state index in [2.05, 4.69) is 16.3 Å². The fourth-order valence-electron chi connectivity index (χ4n) is 2.29. The highest BCUT2D eigenvalue weighted by Gasteiger charge is 2.17. The van der Waals surface area contributed by atoms with Crippen LogP contribution in [0.2, 0.25) is 0 Å². The molecule has 1 N–H and O–H groups in total. The molecule has 5 heteroatoms. The molecule has 1 aromatic rings. The first-order chi connectivity index (χ1) is 10.3. The third-order valence-corrected chi connectivity index (χ3v) is 3.53.